The molecule has 5 rings (SSSR count). The van der Waals surface area contributed by atoms with E-state index >= 15 is 0 Å². The normalized spacial score (nSPS) is 12.3. The molecule has 0 bridgehead atoms. The number of imidazole rings is 1. The van der Waals surface area contributed by atoms with Gasteiger partial charge < -0.3 is 14.3 Å². The number of thiazole rings is 1. The lowest BCUT2D eigenvalue weighted by molar-refractivity contribution is -0.255. The summed E-state index contributed by atoms with van der Waals surface area (Å²) in [5.41, 5.74) is 4.59. The van der Waals surface area contributed by atoms with Crippen molar-refractivity contribution in [3.05, 3.63) is 85.9 Å². The van der Waals surface area contributed by atoms with Crippen LogP contribution in [0.4, 0.5) is 0 Å². The quantitative estimate of drug-likeness (QED) is 0.452. The first kappa shape index (κ1) is 18.3. The molecule has 2 aromatic carbocycles. The number of rotatable bonds is 3. The highest BCUT2D eigenvalue weighted by atomic mass is 32.1. The van der Waals surface area contributed by atoms with E-state index in [2.05, 4.69) is 4.98 Å². The Morgan fingerprint density at radius 3 is 2.57 bits per heavy atom. The number of furan rings is 1. The molecule has 5 aromatic rings. The van der Waals surface area contributed by atoms with E-state index in [-0.39, 0.29) is 11.1 Å². The van der Waals surface area contributed by atoms with Gasteiger partial charge >= 0.3 is 0 Å². The number of carbonyl (C=O) groups is 1. The van der Waals surface area contributed by atoms with Crippen molar-refractivity contribution in [1.82, 2.24) is 9.38 Å². The molecule has 0 aliphatic rings. The lowest BCUT2D eigenvalue weighted by Gasteiger charge is -2.02. The highest BCUT2D eigenvalue weighted by Gasteiger charge is 2.13. The molecule has 0 spiro atoms. The van der Waals surface area contributed by atoms with Crippen LogP contribution in [-0.2, 0) is 0 Å². The smallest absolute Gasteiger partial charge is 0.275 e. The second-order valence-corrected chi connectivity index (χ2v) is 8.15. The Labute approximate surface area is 174 Å². The fourth-order valence-electron chi connectivity index (χ4n) is 3.40. The van der Waals surface area contributed by atoms with Crippen LogP contribution in [0.3, 0.4) is 0 Å². The van der Waals surface area contributed by atoms with Gasteiger partial charge in [0.25, 0.3) is 5.56 Å². The van der Waals surface area contributed by atoms with E-state index in [1.165, 1.54) is 23.5 Å². The molecule has 0 N–H and O–H groups in total. The zero-order chi connectivity index (χ0) is 21.0. The van der Waals surface area contributed by atoms with E-state index in [9.17, 15) is 14.7 Å². The van der Waals surface area contributed by atoms with Gasteiger partial charge in [0.1, 0.15) is 16.1 Å². The molecule has 0 fully saturated rings. The summed E-state index contributed by atoms with van der Waals surface area (Å²) >= 11 is 1.32. The monoisotopic (exact) mass is 415 g/mol. The van der Waals surface area contributed by atoms with Gasteiger partial charge in [-0.3, -0.25) is 4.79 Å². The van der Waals surface area contributed by atoms with Gasteiger partial charge in [-0.05, 0) is 54.8 Å². The summed E-state index contributed by atoms with van der Waals surface area (Å²) in [4.78, 5) is 29.1. The fourth-order valence-corrected chi connectivity index (χ4v) is 4.37. The van der Waals surface area contributed by atoms with Crippen LogP contribution in [0.25, 0.3) is 33.4 Å². The van der Waals surface area contributed by atoms with Crippen molar-refractivity contribution >= 4 is 39.4 Å². The summed E-state index contributed by atoms with van der Waals surface area (Å²) < 4.78 is 8.02. The largest absolute Gasteiger partial charge is 0.545 e. The summed E-state index contributed by atoms with van der Waals surface area (Å²) in [6, 6.07) is 13.8. The number of hydrogen-bond acceptors (Lipinski definition) is 6. The Hall–Kier alpha value is -3.71. The second-order valence-electron chi connectivity index (χ2n) is 7.14. The summed E-state index contributed by atoms with van der Waals surface area (Å²) in [7, 11) is 0. The maximum atomic E-state index is 13.0. The van der Waals surface area contributed by atoms with Crippen LogP contribution in [0.1, 0.15) is 27.2 Å². The highest BCUT2D eigenvalue weighted by molar-refractivity contribution is 7.15. The number of carboxylic acids is 1. The predicted molar refractivity (Wildman–Crippen MR) is 114 cm³/mol. The van der Waals surface area contributed by atoms with Crippen LogP contribution in [0, 0.1) is 13.8 Å². The molecule has 0 amide bonds. The number of nitrogens with zero attached hydrogens (tertiary/aromatic N) is 2. The summed E-state index contributed by atoms with van der Waals surface area (Å²) in [6.45, 7) is 4.04. The van der Waals surface area contributed by atoms with Crippen LogP contribution in [0.2, 0.25) is 0 Å². The third-order valence-electron chi connectivity index (χ3n) is 5.16. The summed E-state index contributed by atoms with van der Waals surface area (Å²) in [6.07, 6.45) is 1.70. The lowest BCUT2D eigenvalue weighted by atomic mass is 10.1. The molecular formula is C23H15N2O4S-. The van der Waals surface area contributed by atoms with E-state index in [4.69, 9.17) is 4.42 Å². The van der Waals surface area contributed by atoms with Crippen molar-refractivity contribution in [3.8, 4) is 11.3 Å². The first-order valence-corrected chi connectivity index (χ1v) is 10.1. The first-order chi connectivity index (χ1) is 14.4. The molecule has 6 nitrogen and oxygen atoms in total. The van der Waals surface area contributed by atoms with E-state index in [1.54, 1.807) is 34.7 Å². The zero-order valence-corrected chi connectivity index (χ0v) is 16.9. The van der Waals surface area contributed by atoms with Crippen LogP contribution in [-0.4, -0.2) is 15.4 Å². The number of aromatic nitrogens is 2. The van der Waals surface area contributed by atoms with Gasteiger partial charge in [0, 0.05) is 11.6 Å². The molecule has 0 aliphatic heterocycles. The number of fused-ring (bicyclic) bond motifs is 3. The fraction of sp³-hybridized carbons (Fsp3) is 0.0870. The van der Waals surface area contributed by atoms with E-state index in [0.717, 1.165) is 27.7 Å². The van der Waals surface area contributed by atoms with Gasteiger partial charge in [-0.2, -0.15) is 0 Å². The number of hydrogen-bond donors (Lipinski definition) is 0. The van der Waals surface area contributed by atoms with Crippen molar-refractivity contribution < 1.29 is 14.3 Å². The Bertz CT molecular complexity index is 1560. The molecule has 0 atom stereocenters. The van der Waals surface area contributed by atoms with Gasteiger partial charge in [0.15, 0.2) is 4.96 Å². The maximum Gasteiger partial charge on any atom is 0.275 e. The van der Waals surface area contributed by atoms with Crippen molar-refractivity contribution in [2.75, 3.05) is 0 Å². The van der Waals surface area contributed by atoms with Crippen LogP contribution in [0.5, 0.6) is 0 Å². The second kappa shape index (κ2) is 6.67. The molecule has 3 heterocycles. The van der Waals surface area contributed by atoms with E-state index in [0.29, 0.717) is 21.0 Å². The first-order valence-electron chi connectivity index (χ1n) is 9.26. The molecule has 148 valence electrons. The third-order valence-corrected chi connectivity index (χ3v) is 6.13. The summed E-state index contributed by atoms with van der Waals surface area (Å²) in [5, 5.41) is 10.9. The number of aromatic carboxylic acids is 1. The Kier molecular flexibility index (Phi) is 4.08. The Balaban J connectivity index is 1.57. The van der Waals surface area contributed by atoms with Crippen LogP contribution < -0.4 is 15.2 Å². The minimum Gasteiger partial charge on any atom is -0.545 e. The maximum absolute atomic E-state index is 13.0. The van der Waals surface area contributed by atoms with Crippen LogP contribution in [0.15, 0.2) is 57.7 Å². The van der Waals surface area contributed by atoms with Crippen molar-refractivity contribution in [2.45, 2.75) is 13.8 Å². The number of aryl methyl sites for hydroxylation is 2. The van der Waals surface area contributed by atoms with Crippen molar-refractivity contribution in [2.24, 2.45) is 0 Å². The average Bonchev–Trinajstić information content (AvgIpc) is 3.39. The molecule has 0 unspecified atom stereocenters. The minimum atomic E-state index is -1.22. The topological polar surface area (TPSA) is 87.6 Å². The lowest BCUT2D eigenvalue weighted by Crippen LogP contribution is -2.22. The highest BCUT2D eigenvalue weighted by Crippen LogP contribution is 2.24. The molecular weight excluding hydrogens is 400 g/mol. The van der Waals surface area contributed by atoms with Crippen LogP contribution >= 0.6 is 11.3 Å². The SMILES string of the molecule is Cc1cc2nc3s/c(=C\c4ccc(-c5ccc(C(=O)[O-])cc5)o4)c(=O)n3c2cc1C. The standard InChI is InChI=1S/C23H16N2O4S/c1-12-9-17-18(10-13(12)2)25-21(26)20(30-23(25)24-17)11-16-7-8-19(29-16)14-3-5-15(6-4-14)22(27)28/h3-11H,1-2H3,(H,27,28)/p-1/b20-11-. The molecule has 7 heteroatoms. The molecule has 0 saturated heterocycles. The molecule has 3 aromatic heterocycles. The zero-order valence-electron chi connectivity index (χ0n) is 16.1. The number of carboxylic acid groups (broad SMARTS) is 1. The van der Waals surface area contributed by atoms with E-state index < -0.39 is 5.97 Å². The van der Waals surface area contributed by atoms with Crippen molar-refractivity contribution in [3.63, 3.8) is 0 Å². The Morgan fingerprint density at radius 2 is 1.83 bits per heavy atom. The van der Waals surface area contributed by atoms with Gasteiger partial charge in [-0.25, -0.2) is 9.38 Å². The average molecular weight is 415 g/mol. The molecule has 0 aliphatic carbocycles. The molecule has 0 radical (unpaired) electrons. The van der Waals surface area contributed by atoms with Gasteiger partial charge in [-0.15, -0.1) is 0 Å². The Morgan fingerprint density at radius 1 is 1.10 bits per heavy atom. The summed E-state index contributed by atoms with van der Waals surface area (Å²) in [5.74, 6) is -0.109. The van der Waals surface area contributed by atoms with Gasteiger partial charge in [0.2, 0.25) is 0 Å². The van der Waals surface area contributed by atoms with Gasteiger partial charge in [-0.1, -0.05) is 35.6 Å². The van der Waals surface area contributed by atoms with Crippen molar-refractivity contribution in [1.29, 1.82) is 0 Å². The third kappa shape index (κ3) is 2.91. The molecule has 0 saturated carbocycles. The van der Waals surface area contributed by atoms with E-state index in [1.807, 2.05) is 26.0 Å². The number of carbonyl (C=O) groups excluding carboxylic acids is 1. The minimum absolute atomic E-state index is 0.104. The predicted octanol–water partition coefficient (Wildman–Crippen LogP) is 2.70. The molecule has 30 heavy (non-hydrogen) atoms. The van der Waals surface area contributed by atoms with Gasteiger partial charge in [0.05, 0.1) is 17.0 Å². The number of benzene rings is 2.